The monoisotopic (exact) mass is 261 g/mol. The van der Waals surface area contributed by atoms with Crippen LogP contribution in [0.1, 0.15) is 33.3 Å². The standard InChI is InChI=1S/C16H23NS/c1-12(2)16(3,4)11-17-9-13-10-18-15-8-6-5-7-14(13)15/h5-8,10,12,17H,9,11H2,1-4H3. The normalized spacial score (nSPS) is 12.5. The second kappa shape index (κ2) is 5.41. The van der Waals surface area contributed by atoms with Crippen molar-refractivity contribution in [3.63, 3.8) is 0 Å². The molecule has 0 unspecified atom stereocenters. The number of nitrogens with one attached hydrogen (secondary N) is 1. The Balaban J connectivity index is 1.99. The lowest BCUT2D eigenvalue weighted by molar-refractivity contribution is 0.238. The van der Waals surface area contributed by atoms with E-state index in [0.29, 0.717) is 11.3 Å². The zero-order valence-electron chi connectivity index (χ0n) is 11.8. The van der Waals surface area contributed by atoms with E-state index in [9.17, 15) is 0 Å². The third-order valence-electron chi connectivity index (χ3n) is 4.02. The van der Waals surface area contributed by atoms with E-state index < -0.39 is 0 Å². The van der Waals surface area contributed by atoms with Gasteiger partial charge in [-0.1, -0.05) is 45.9 Å². The smallest absolute Gasteiger partial charge is 0.0346 e. The summed E-state index contributed by atoms with van der Waals surface area (Å²) in [4.78, 5) is 0. The predicted molar refractivity (Wildman–Crippen MR) is 82.2 cm³/mol. The molecular formula is C16H23NS. The van der Waals surface area contributed by atoms with Gasteiger partial charge in [0, 0.05) is 17.8 Å². The minimum Gasteiger partial charge on any atom is -0.312 e. The Kier molecular flexibility index (Phi) is 4.08. The van der Waals surface area contributed by atoms with Gasteiger partial charge >= 0.3 is 0 Å². The zero-order valence-corrected chi connectivity index (χ0v) is 12.6. The molecule has 0 saturated heterocycles. The van der Waals surface area contributed by atoms with Crippen LogP contribution in [0.5, 0.6) is 0 Å². The molecule has 1 heterocycles. The van der Waals surface area contributed by atoms with Crippen molar-refractivity contribution in [1.29, 1.82) is 0 Å². The molecular weight excluding hydrogens is 238 g/mol. The maximum atomic E-state index is 3.61. The van der Waals surface area contributed by atoms with E-state index in [0.717, 1.165) is 13.1 Å². The van der Waals surface area contributed by atoms with E-state index in [2.05, 4.69) is 62.7 Å². The number of rotatable bonds is 5. The molecule has 0 aliphatic carbocycles. The highest BCUT2D eigenvalue weighted by Crippen LogP contribution is 2.27. The van der Waals surface area contributed by atoms with Crippen LogP contribution in [0.2, 0.25) is 0 Å². The molecule has 1 N–H and O–H groups in total. The van der Waals surface area contributed by atoms with Crippen LogP contribution in [-0.2, 0) is 6.54 Å². The number of fused-ring (bicyclic) bond motifs is 1. The van der Waals surface area contributed by atoms with Gasteiger partial charge in [0.15, 0.2) is 0 Å². The molecule has 98 valence electrons. The van der Waals surface area contributed by atoms with Crippen molar-refractivity contribution in [3.05, 3.63) is 35.2 Å². The molecule has 2 rings (SSSR count). The van der Waals surface area contributed by atoms with Crippen molar-refractivity contribution in [2.45, 2.75) is 34.2 Å². The van der Waals surface area contributed by atoms with Gasteiger partial charge in [-0.15, -0.1) is 11.3 Å². The van der Waals surface area contributed by atoms with Crippen LogP contribution in [-0.4, -0.2) is 6.54 Å². The van der Waals surface area contributed by atoms with Crippen molar-refractivity contribution in [2.24, 2.45) is 11.3 Å². The lowest BCUT2D eigenvalue weighted by Gasteiger charge is -2.29. The van der Waals surface area contributed by atoms with Crippen LogP contribution in [0, 0.1) is 11.3 Å². The quantitative estimate of drug-likeness (QED) is 0.824. The molecule has 1 aromatic carbocycles. The molecule has 2 aromatic rings. The average Bonchev–Trinajstić information content (AvgIpc) is 2.72. The van der Waals surface area contributed by atoms with Crippen LogP contribution in [0.3, 0.4) is 0 Å². The summed E-state index contributed by atoms with van der Waals surface area (Å²) in [5, 5.41) is 7.29. The van der Waals surface area contributed by atoms with Gasteiger partial charge in [0.05, 0.1) is 0 Å². The van der Waals surface area contributed by atoms with Gasteiger partial charge < -0.3 is 5.32 Å². The Labute approximate surface area is 114 Å². The molecule has 18 heavy (non-hydrogen) atoms. The van der Waals surface area contributed by atoms with E-state index in [1.807, 2.05) is 11.3 Å². The van der Waals surface area contributed by atoms with Crippen LogP contribution in [0.25, 0.3) is 10.1 Å². The van der Waals surface area contributed by atoms with Crippen LogP contribution < -0.4 is 5.32 Å². The van der Waals surface area contributed by atoms with Gasteiger partial charge in [0.1, 0.15) is 0 Å². The maximum Gasteiger partial charge on any atom is 0.0346 e. The van der Waals surface area contributed by atoms with Gasteiger partial charge in [0.2, 0.25) is 0 Å². The van der Waals surface area contributed by atoms with Crippen molar-refractivity contribution >= 4 is 21.4 Å². The van der Waals surface area contributed by atoms with E-state index in [1.165, 1.54) is 15.6 Å². The number of hydrogen-bond donors (Lipinski definition) is 1. The summed E-state index contributed by atoms with van der Waals surface area (Å²) in [5.41, 5.74) is 1.78. The van der Waals surface area contributed by atoms with Crippen molar-refractivity contribution < 1.29 is 0 Å². The third kappa shape index (κ3) is 2.93. The summed E-state index contributed by atoms with van der Waals surface area (Å²) in [6, 6.07) is 8.65. The number of benzene rings is 1. The molecule has 0 radical (unpaired) electrons. The highest BCUT2D eigenvalue weighted by atomic mass is 32.1. The maximum absolute atomic E-state index is 3.61. The molecule has 0 saturated carbocycles. The molecule has 0 fully saturated rings. The summed E-state index contributed by atoms with van der Waals surface area (Å²) in [6.45, 7) is 11.3. The van der Waals surface area contributed by atoms with Crippen LogP contribution >= 0.6 is 11.3 Å². The van der Waals surface area contributed by atoms with Gasteiger partial charge in [-0.3, -0.25) is 0 Å². The lowest BCUT2D eigenvalue weighted by atomic mass is 9.81. The summed E-state index contributed by atoms with van der Waals surface area (Å²) >= 11 is 1.84. The molecule has 2 heteroatoms. The Bertz CT molecular complexity index is 511. The minimum atomic E-state index is 0.353. The lowest BCUT2D eigenvalue weighted by Crippen LogP contribution is -2.33. The molecule has 0 aliphatic rings. The Morgan fingerprint density at radius 3 is 2.67 bits per heavy atom. The highest BCUT2D eigenvalue weighted by molar-refractivity contribution is 7.17. The summed E-state index contributed by atoms with van der Waals surface area (Å²) in [5.74, 6) is 0.698. The Morgan fingerprint density at radius 1 is 1.22 bits per heavy atom. The fourth-order valence-electron chi connectivity index (χ4n) is 1.89. The van der Waals surface area contributed by atoms with Crippen molar-refractivity contribution in [2.75, 3.05) is 6.54 Å². The molecule has 1 aromatic heterocycles. The second-order valence-electron chi connectivity index (χ2n) is 6.00. The Hall–Kier alpha value is -0.860. The van der Waals surface area contributed by atoms with Gasteiger partial charge in [0.25, 0.3) is 0 Å². The number of thiophene rings is 1. The first-order valence-corrected chi connectivity index (χ1v) is 7.54. The van der Waals surface area contributed by atoms with E-state index in [4.69, 9.17) is 0 Å². The topological polar surface area (TPSA) is 12.0 Å². The van der Waals surface area contributed by atoms with Gasteiger partial charge in [-0.05, 0) is 33.7 Å². The SMILES string of the molecule is CC(C)C(C)(C)CNCc1csc2ccccc12. The number of hydrogen-bond acceptors (Lipinski definition) is 2. The van der Waals surface area contributed by atoms with Crippen molar-refractivity contribution in [1.82, 2.24) is 5.32 Å². The Morgan fingerprint density at radius 2 is 1.94 bits per heavy atom. The molecule has 0 amide bonds. The third-order valence-corrected chi connectivity index (χ3v) is 5.03. The van der Waals surface area contributed by atoms with Gasteiger partial charge in [-0.2, -0.15) is 0 Å². The van der Waals surface area contributed by atoms with E-state index >= 15 is 0 Å². The fraction of sp³-hybridized carbons (Fsp3) is 0.500. The molecule has 0 aliphatic heterocycles. The van der Waals surface area contributed by atoms with Crippen molar-refractivity contribution in [3.8, 4) is 0 Å². The highest BCUT2D eigenvalue weighted by Gasteiger charge is 2.21. The molecule has 1 nitrogen and oxygen atoms in total. The second-order valence-corrected chi connectivity index (χ2v) is 6.92. The van der Waals surface area contributed by atoms with E-state index in [-0.39, 0.29) is 0 Å². The van der Waals surface area contributed by atoms with Crippen LogP contribution in [0.4, 0.5) is 0 Å². The first kappa shape index (κ1) is 13.6. The zero-order chi connectivity index (χ0) is 13.2. The first-order chi connectivity index (χ1) is 8.50. The largest absolute Gasteiger partial charge is 0.312 e. The molecule has 0 spiro atoms. The summed E-state index contributed by atoms with van der Waals surface area (Å²) < 4.78 is 1.39. The van der Waals surface area contributed by atoms with E-state index in [1.54, 1.807) is 0 Å². The molecule has 0 atom stereocenters. The predicted octanol–water partition coefficient (Wildman–Crippen LogP) is 4.67. The summed E-state index contributed by atoms with van der Waals surface area (Å²) in [6.07, 6.45) is 0. The summed E-state index contributed by atoms with van der Waals surface area (Å²) in [7, 11) is 0. The molecule has 0 bridgehead atoms. The first-order valence-electron chi connectivity index (χ1n) is 6.66. The fourth-order valence-corrected chi connectivity index (χ4v) is 2.86. The van der Waals surface area contributed by atoms with Crippen LogP contribution in [0.15, 0.2) is 29.6 Å². The minimum absolute atomic E-state index is 0.353. The average molecular weight is 261 g/mol. The van der Waals surface area contributed by atoms with Gasteiger partial charge in [-0.25, -0.2) is 0 Å².